The third-order valence-corrected chi connectivity index (χ3v) is 5.33. The Morgan fingerprint density at radius 2 is 2.10 bits per heavy atom. The molecule has 154 valence electrons. The van der Waals surface area contributed by atoms with E-state index in [0.717, 1.165) is 24.6 Å². The van der Waals surface area contributed by atoms with Gasteiger partial charge in [0.15, 0.2) is 11.6 Å². The van der Waals surface area contributed by atoms with Crippen molar-refractivity contribution in [3.05, 3.63) is 45.6 Å². The number of hydroxylamine groups is 1. The molecule has 8 nitrogen and oxygen atoms in total. The lowest BCUT2D eigenvalue weighted by molar-refractivity contribution is 0.0695. The summed E-state index contributed by atoms with van der Waals surface area (Å²) in [6, 6.07) is 1.20. The van der Waals surface area contributed by atoms with E-state index in [4.69, 9.17) is 9.57 Å². The first kappa shape index (κ1) is 19.3. The molecule has 2 aromatic rings. The molecular formula is C20H22FN3O5. The SMILES string of the molecule is CONC1=CCN(c2c(F)cc3c(=O)c(C(=O)O)cn(C4CC4)c3c2OC)CC1. The fourth-order valence-electron chi connectivity index (χ4n) is 3.82. The quantitative estimate of drug-likeness (QED) is 0.716. The number of hydrogen-bond donors (Lipinski definition) is 2. The molecule has 1 aliphatic heterocycles. The van der Waals surface area contributed by atoms with Crippen LogP contribution in [0.5, 0.6) is 5.75 Å². The van der Waals surface area contributed by atoms with Gasteiger partial charge in [0.05, 0.1) is 25.1 Å². The van der Waals surface area contributed by atoms with E-state index >= 15 is 4.39 Å². The van der Waals surface area contributed by atoms with Crippen LogP contribution in [0, 0.1) is 5.82 Å². The van der Waals surface area contributed by atoms with Gasteiger partial charge in [-0.2, -0.15) is 0 Å². The molecule has 9 heteroatoms. The van der Waals surface area contributed by atoms with E-state index in [1.165, 1.54) is 20.4 Å². The summed E-state index contributed by atoms with van der Waals surface area (Å²) in [4.78, 5) is 31.0. The minimum atomic E-state index is -1.32. The molecule has 1 aromatic carbocycles. The van der Waals surface area contributed by atoms with Crippen molar-refractivity contribution in [2.75, 3.05) is 32.2 Å². The van der Waals surface area contributed by atoms with Crippen molar-refractivity contribution in [2.45, 2.75) is 25.3 Å². The van der Waals surface area contributed by atoms with Crippen molar-refractivity contribution in [3.63, 3.8) is 0 Å². The smallest absolute Gasteiger partial charge is 0.341 e. The van der Waals surface area contributed by atoms with E-state index < -0.39 is 17.2 Å². The van der Waals surface area contributed by atoms with Crippen LogP contribution in [-0.2, 0) is 4.84 Å². The fraction of sp³-hybridized carbons (Fsp3) is 0.400. The Labute approximate surface area is 166 Å². The van der Waals surface area contributed by atoms with E-state index in [1.807, 2.05) is 11.0 Å². The molecule has 0 unspecified atom stereocenters. The summed E-state index contributed by atoms with van der Waals surface area (Å²) in [6.07, 6.45) is 5.61. The molecule has 2 N–H and O–H groups in total. The van der Waals surface area contributed by atoms with Gasteiger partial charge in [0, 0.05) is 37.4 Å². The minimum absolute atomic E-state index is 0.0178. The summed E-state index contributed by atoms with van der Waals surface area (Å²) < 4.78 is 22.5. The molecule has 1 aliphatic carbocycles. The van der Waals surface area contributed by atoms with Crippen LogP contribution in [0.4, 0.5) is 10.1 Å². The monoisotopic (exact) mass is 403 g/mol. The number of carboxylic acids is 1. The number of aromatic nitrogens is 1. The highest BCUT2D eigenvalue weighted by molar-refractivity contribution is 5.97. The van der Waals surface area contributed by atoms with Gasteiger partial charge in [-0.25, -0.2) is 9.18 Å². The lowest BCUT2D eigenvalue weighted by atomic mass is 10.1. The molecule has 0 amide bonds. The van der Waals surface area contributed by atoms with Crippen LogP contribution in [0.15, 0.2) is 28.8 Å². The van der Waals surface area contributed by atoms with Crippen LogP contribution < -0.4 is 20.5 Å². The number of ether oxygens (including phenoxy) is 1. The van der Waals surface area contributed by atoms with Crippen LogP contribution >= 0.6 is 0 Å². The molecule has 0 radical (unpaired) electrons. The van der Waals surface area contributed by atoms with Gasteiger partial charge in [0.2, 0.25) is 5.43 Å². The number of anilines is 1. The van der Waals surface area contributed by atoms with Gasteiger partial charge in [-0.3, -0.25) is 15.1 Å². The lowest BCUT2D eigenvalue weighted by Gasteiger charge is -2.30. The summed E-state index contributed by atoms with van der Waals surface area (Å²) in [5.74, 6) is -1.69. The molecule has 0 bridgehead atoms. The standard InChI is InChI=1S/C20H22FN3O5/c1-28-19-16-13(18(25)14(20(26)27)10-24(16)12-3-4-12)9-15(21)17(19)23-7-5-11(6-8-23)22-29-2/h5,9-10,12,22H,3-4,6-8H2,1-2H3,(H,26,27). The van der Waals surface area contributed by atoms with E-state index in [0.29, 0.717) is 25.0 Å². The predicted octanol–water partition coefficient (Wildman–Crippen LogP) is 2.43. The second-order valence-corrected chi connectivity index (χ2v) is 7.18. The van der Waals surface area contributed by atoms with Gasteiger partial charge < -0.3 is 19.3 Å². The van der Waals surface area contributed by atoms with Gasteiger partial charge in [0.1, 0.15) is 11.3 Å². The molecule has 1 aromatic heterocycles. The molecule has 1 fully saturated rings. The van der Waals surface area contributed by atoms with Crippen molar-refractivity contribution < 1.29 is 23.9 Å². The number of halogens is 1. The van der Waals surface area contributed by atoms with Crippen molar-refractivity contribution >= 4 is 22.6 Å². The Hall–Kier alpha value is -3.07. The maximum Gasteiger partial charge on any atom is 0.341 e. The van der Waals surface area contributed by atoms with Crippen molar-refractivity contribution in [3.8, 4) is 5.75 Å². The zero-order valence-electron chi connectivity index (χ0n) is 16.2. The van der Waals surface area contributed by atoms with E-state index in [1.54, 1.807) is 4.57 Å². The topological polar surface area (TPSA) is 93.0 Å². The maximum atomic E-state index is 15.2. The zero-order chi connectivity index (χ0) is 20.7. The van der Waals surface area contributed by atoms with Crippen molar-refractivity contribution in [1.82, 2.24) is 10.0 Å². The van der Waals surface area contributed by atoms with E-state index in [2.05, 4.69) is 5.48 Å². The molecule has 2 aliphatic rings. The first-order chi connectivity index (χ1) is 14.0. The average molecular weight is 403 g/mol. The summed E-state index contributed by atoms with van der Waals surface area (Å²) in [7, 11) is 2.96. The first-order valence-corrected chi connectivity index (χ1v) is 9.37. The van der Waals surface area contributed by atoms with E-state index in [9.17, 15) is 14.7 Å². The Balaban J connectivity index is 1.93. The summed E-state index contributed by atoms with van der Waals surface area (Å²) in [5.41, 5.74) is 3.33. The van der Waals surface area contributed by atoms with E-state index in [-0.39, 0.29) is 28.4 Å². The number of pyridine rings is 1. The number of rotatable bonds is 6. The number of nitrogens with one attached hydrogen (secondary N) is 1. The third kappa shape index (κ3) is 3.31. The molecule has 4 rings (SSSR count). The number of aromatic carboxylic acids is 1. The van der Waals surface area contributed by atoms with Crippen LogP contribution in [-0.4, -0.2) is 43.0 Å². The van der Waals surface area contributed by atoms with Crippen LogP contribution in [0.2, 0.25) is 0 Å². The minimum Gasteiger partial charge on any atom is -0.492 e. The second kappa shape index (κ2) is 7.40. The zero-order valence-corrected chi connectivity index (χ0v) is 16.2. The Morgan fingerprint density at radius 3 is 2.66 bits per heavy atom. The number of fused-ring (bicyclic) bond motifs is 1. The highest BCUT2D eigenvalue weighted by Gasteiger charge is 2.31. The molecular weight excluding hydrogens is 381 g/mol. The highest BCUT2D eigenvalue weighted by Crippen LogP contribution is 2.44. The predicted molar refractivity (Wildman–Crippen MR) is 105 cm³/mol. The molecule has 1 saturated carbocycles. The Morgan fingerprint density at radius 1 is 1.34 bits per heavy atom. The molecule has 0 spiro atoms. The second-order valence-electron chi connectivity index (χ2n) is 7.18. The number of carbonyl (C=O) groups is 1. The highest BCUT2D eigenvalue weighted by atomic mass is 19.1. The van der Waals surface area contributed by atoms with Crippen LogP contribution in [0.1, 0.15) is 35.7 Å². The molecule has 29 heavy (non-hydrogen) atoms. The van der Waals surface area contributed by atoms with Crippen molar-refractivity contribution in [1.29, 1.82) is 0 Å². The van der Waals surface area contributed by atoms with Crippen LogP contribution in [0.3, 0.4) is 0 Å². The normalized spacial score (nSPS) is 16.7. The molecule has 2 heterocycles. The first-order valence-electron chi connectivity index (χ1n) is 9.37. The summed E-state index contributed by atoms with van der Waals surface area (Å²) >= 11 is 0. The van der Waals surface area contributed by atoms with Gasteiger partial charge in [-0.15, -0.1) is 0 Å². The summed E-state index contributed by atoms with van der Waals surface area (Å²) in [5, 5.41) is 9.42. The Kier molecular flexibility index (Phi) is 4.91. The maximum absolute atomic E-state index is 15.2. The van der Waals surface area contributed by atoms with Crippen LogP contribution in [0.25, 0.3) is 10.9 Å². The molecule has 0 saturated heterocycles. The van der Waals surface area contributed by atoms with Gasteiger partial charge in [-0.1, -0.05) is 0 Å². The van der Waals surface area contributed by atoms with Crippen molar-refractivity contribution in [2.24, 2.45) is 0 Å². The average Bonchev–Trinajstić information content (AvgIpc) is 3.54. The number of benzene rings is 1. The number of carboxylic acid groups (broad SMARTS) is 1. The lowest BCUT2D eigenvalue weighted by Crippen LogP contribution is -2.33. The third-order valence-electron chi connectivity index (χ3n) is 5.33. The Bertz CT molecular complexity index is 1070. The fourth-order valence-corrected chi connectivity index (χ4v) is 3.82. The van der Waals surface area contributed by atoms with Gasteiger partial charge in [-0.05, 0) is 25.0 Å². The summed E-state index contributed by atoms with van der Waals surface area (Å²) in [6.45, 7) is 0.965. The number of nitrogens with zero attached hydrogens (tertiary/aromatic N) is 2. The molecule has 0 atom stereocenters. The number of methoxy groups -OCH3 is 1. The largest absolute Gasteiger partial charge is 0.492 e. The van der Waals surface area contributed by atoms with Gasteiger partial charge >= 0.3 is 5.97 Å². The van der Waals surface area contributed by atoms with Gasteiger partial charge in [0.25, 0.3) is 0 Å². The number of hydrogen-bond acceptors (Lipinski definition) is 6.